The average Bonchev–Trinajstić information content (AvgIpc) is 3.07. The smallest absolute Gasteiger partial charge is 0.333 e. The van der Waals surface area contributed by atoms with E-state index in [2.05, 4.69) is 34.1 Å². The van der Waals surface area contributed by atoms with Gasteiger partial charge in [-0.1, -0.05) is 18.2 Å². The zero-order valence-electron chi connectivity index (χ0n) is 18.6. The van der Waals surface area contributed by atoms with E-state index in [1.807, 2.05) is 13.0 Å². The molecule has 1 atom stereocenters. The van der Waals surface area contributed by atoms with Gasteiger partial charge >= 0.3 is 5.69 Å². The molecule has 1 aliphatic rings. The number of nitrogens with zero attached hydrogens (tertiary/aromatic N) is 4. The fraction of sp³-hybridized carbons (Fsp3) is 0.360. The van der Waals surface area contributed by atoms with Crippen molar-refractivity contribution >= 4 is 11.5 Å². The number of anilines is 1. The molecule has 2 heterocycles. The molecule has 1 fully saturated rings. The number of Topliss-reactive ketones (excluding diaryl/α,β-unsaturated/α-hetero) is 1. The van der Waals surface area contributed by atoms with Crippen LogP contribution in [0.25, 0.3) is 5.69 Å². The molecule has 1 N–H and O–H groups in total. The number of benzene rings is 2. The van der Waals surface area contributed by atoms with Gasteiger partial charge in [0.25, 0.3) is 0 Å². The average molecular weight is 435 g/mol. The molecule has 0 amide bonds. The number of carbonyl (C=O) groups is 1. The maximum Gasteiger partial charge on any atom is 0.333 e. The number of aromatic nitrogens is 2. The molecule has 32 heavy (non-hydrogen) atoms. The number of aliphatic hydroxyl groups excluding tert-OH is 1. The van der Waals surface area contributed by atoms with Gasteiger partial charge in [0.2, 0.25) is 0 Å². The summed E-state index contributed by atoms with van der Waals surface area (Å²) in [5.74, 6) is -0.00841. The predicted octanol–water partition coefficient (Wildman–Crippen LogP) is 2.33. The quantitative estimate of drug-likeness (QED) is 0.578. The monoisotopic (exact) mass is 434 g/mol. The highest BCUT2D eigenvalue weighted by atomic mass is 16.3. The molecule has 7 nitrogen and oxygen atoms in total. The summed E-state index contributed by atoms with van der Waals surface area (Å²) >= 11 is 0. The molecule has 0 saturated carbocycles. The van der Waals surface area contributed by atoms with E-state index < -0.39 is 6.10 Å². The summed E-state index contributed by atoms with van der Waals surface area (Å²) in [7, 11) is 0. The zero-order chi connectivity index (χ0) is 22.7. The van der Waals surface area contributed by atoms with Crippen LogP contribution >= 0.6 is 0 Å². The van der Waals surface area contributed by atoms with E-state index in [0.29, 0.717) is 17.8 Å². The van der Waals surface area contributed by atoms with Crippen LogP contribution in [-0.4, -0.2) is 63.8 Å². The minimum Gasteiger partial charge on any atom is -0.390 e. The Labute approximate surface area is 188 Å². The number of carbonyl (C=O) groups excluding carboxylic acids is 1. The number of hydrogen-bond acceptors (Lipinski definition) is 5. The molecule has 0 bridgehead atoms. The molecular weight excluding hydrogens is 404 g/mol. The maximum absolute atomic E-state index is 13.0. The highest BCUT2D eigenvalue weighted by molar-refractivity contribution is 5.94. The van der Waals surface area contributed by atoms with E-state index in [9.17, 15) is 14.7 Å². The van der Waals surface area contributed by atoms with Crippen molar-refractivity contribution in [2.45, 2.75) is 26.5 Å². The fourth-order valence-corrected chi connectivity index (χ4v) is 4.32. The van der Waals surface area contributed by atoms with Crippen LogP contribution in [0.1, 0.15) is 23.0 Å². The van der Waals surface area contributed by atoms with Gasteiger partial charge in [-0.3, -0.25) is 18.8 Å². The Hall–Kier alpha value is -3.16. The Morgan fingerprint density at radius 3 is 2.22 bits per heavy atom. The number of piperazine rings is 1. The third kappa shape index (κ3) is 4.84. The number of imidazole rings is 1. The Kier molecular flexibility index (Phi) is 6.58. The van der Waals surface area contributed by atoms with Crippen LogP contribution in [-0.2, 0) is 6.54 Å². The first kappa shape index (κ1) is 22.0. The van der Waals surface area contributed by atoms with Gasteiger partial charge in [0.15, 0.2) is 5.78 Å². The van der Waals surface area contributed by atoms with Crippen LogP contribution < -0.4 is 10.6 Å². The lowest BCUT2D eigenvalue weighted by molar-refractivity contribution is 0.0941. The summed E-state index contributed by atoms with van der Waals surface area (Å²) in [6, 6.07) is 17.4. The second-order valence-electron chi connectivity index (χ2n) is 8.42. The first-order chi connectivity index (χ1) is 15.4. The van der Waals surface area contributed by atoms with Crippen molar-refractivity contribution < 1.29 is 9.90 Å². The summed E-state index contributed by atoms with van der Waals surface area (Å²) < 4.78 is 3.17. The minimum absolute atomic E-state index is 0.00841. The summed E-state index contributed by atoms with van der Waals surface area (Å²) in [5.41, 5.74) is 3.15. The number of para-hydroxylation sites is 1. The normalized spacial score (nSPS) is 15.7. The van der Waals surface area contributed by atoms with Gasteiger partial charge in [0.1, 0.15) is 0 Å². The summed E-state index contributed by atoms with van der Waals surface area (Å²) in [6.07, 6.45) is 1.14. The number of β-amino-alcohol motifs (C(OH)–C–C–N with tert-alkyl or cyclic N) is 1. The molecule has 2 aromatic carbocycles. The third-order valence-electron chi connectivity index (χ3n) is 6.03. The van der Waals surface area contributed by atoms with Gasteiger partial charge in [-0.2, -0.15) is 0 Å². The van der Waals surface area contributed by atoms with Gasteiger partial charge < -0.3 is 10.0 Å². The van der Waals surface area contributed by atoms with Crippen molar-refractivity contribution in [1.29, 1.82) is 0 Å². The lowest BCUT2D eigenvalue weighted by Crippen LogP contribution is -2.49. The van der Waals surface area contributed by atoms with E-state index in [4.69, 9.17) is 0 Å². The van der Waals surface area contributed by atoms with Gasteiger partial charge in [0.05, 0.1) is 18.3 Å². The molecule has 0 aliphatic carbocycles. The number of aliphatic hydroxyl groups is 1. The minimum atomic E-state index is -0.633. The molecule has 0 radical (unpaired) electrons. The second-order valence-corrected chi connectivity index (χ2v) is 8.42. The Balaban J connectivity index is 1.37. The first-order valence-corrected chi connectivity index (χ1v) is 11.0. The molecule has 1 aliphatic heterocycles. The molecule has 1 saturated heterocycles. The molecule has 4 rings (SSSR count). The molecule has 168 valence electrons. The number of aryl methyl sites for hydroxylation is 1. The lowest BCUT2D eigenvalue weighted by Gasteiger charge is -2.36. The van der Waals surface area contributed by atoms with Crippen LogP contribution in [0.2, 0.25) is 0 Å². The summed E-state index contributed by atoms with van der Waals surface area (Å²) in [5, 5.41) is 10.7. The van der Waals surface area contributed by atoms with E-state index in [-0.39, 0.29) is 18.0 Å². The van der Waals surface area contributed by atoms with Crippen molar-refractivity contribution in [2.75, 3.05) is 37.6 Å². The molecule has 3 aromatic rings. The molecule has 1 aromatic heterocycles. The van der Waals surface area contributed by atoms with E-state index in [1.165, 1.54) is 12.6 Å². The first-order valence-electron chi connectivity index (χ1n) is 11.0. The summed E-state index contributed by atoms with van der Waals surface area (Å²) in [4.78, 5) is 29.1. The molecule has 1 unspecified atom stereocenters. The highest BCUT2D eigenvalue weighted by Crippen LogP contribution is 2.16. The van der Waals surface area contributed by atoms with Crippen molar-refractivity contribution in [3.63, 3.8) is 0 Å². The van der Waals surface area contributed by atoms with E-state index in [0.717, 1.165) is 31.9 Å². The highest BCUT2D eigenvalue weighted by Gasteiger charge is 2.20. The van der Waals surface area contributed by atoms with Crippen molar-refractivity contribution in [3.8, 4) is 5.69 Å². The van der Waals surface area contributed by atoms with Gasteiger partial charge in [0, 0.05) is 55.9 Å². The fourth-order valence-electron chi connectivity index (χ4n) is 4.32. The largest absolute Gasteiger partial charge is 0.390 e. The van der Waals surface area contributed by atoms with Crippen LogP contribution in [0.3, 0.4) is 0 Å². The van der Waals surface area contributed by atoms with E-state index >= 15 is 0 Å². The number of rotatable bonds is 7. The van der Waals surface area contributed by atoms with Gasteiger partial charge in [-0.15, -0.1) is 0 Å². The van der Waals surface area contributed by atoms with Gasteiger partial charge in [-0.25, -0.2) is 4.79 Å². The third-order valence-corrected chi connectivity index (χ3v) is 6.03. The number of ketones is 1. The topological polar surface area (TPSA) is 70.7 Å². The van der Waals surface area contributed by atoms with Gasteiger partial charge in [-0.05, 0) is 50.2 Å². The standard InChI is InChI=1S/C25H30N4O3/c1-19-16-28(25(32)29(19)23-10-8-21(9-11-23)20(2)30)18-24(31)17-26-12-14-27(15-13-26)22-6-4-3-5-7-22/h3-11,16,24,31H,12-15,17-18H2,1-2H3. The molecule has 7 heteroatoms. The Morgan fingerprint density at radius 1 is 0.938 bits per heavy atom. The van der Waals surface area contributed by atoms with Crippen LogP contribution in [0, 0.1) is 6.92 Å². The van der Waals surface area contributed by atoms with Crippen LogP contribution in [0.15, 0.2) is 65.6 Å². The zero-order valence-corrected chi connectivity index (χ0v) is 18.6. The summed E-state index contributed by atoms with van der Waals surface area (Å²) in [6.45, 7) is 7.76. The number of hydrogen-bond donors (Lipinski definition) is 1. The lowest BCUT2D eigenvalue weighted by atomic mass is 10.1. The molecule has 0 spiro atoms. The molecular formula is C25H30N4O3. The SMILES string of the molecule is CC(=O)c1ccc(-n2c(C)cn(CC(O)CN3CCN(c4ccccc4)CC3)c2=O)cc1. The maximum atomic E-state index is 13.0. The van der Waals surface area contributed by atoms with Crippen molar-refractivity contribution in [3.05, 3.63) is 82.5 Å². The Bertz CT molecular complexity index is 1110. The van der Waals surface area contributed by atoms with Crippen molar-refractivity contribution in [2.24, 2.45) is 0 Å². The van der Waals surface area contributed by atoms with Crippen LogP contribution in [0.5, 0.6) is 0 Å². The Morgan fingerprint density at radius 2 is 1.59 bits per heavy atom. The van der Waals surface area contributed by atoms with E-state index in [1.54, 1.807) is 39.6 Å². The second kappa shape index (κ2) is 9.54. The van der Waals surface area contributed by atoms with Crippen LogP contribution in [0.4, 0.5) is 5.69 Å². The van der Waals surface area contributed by atoms with Crippen molar-refractivity contribution in [1.82, 2.24) is 14.0 Å². The predicted molar refractivity (Wildman–Crippen MR) is 126 cm³/mol.